The quantitative estimate of drug-likeness (QED) is 0.855. The van der Waals surface area contributed by atoms with Crippen LogP contribution in [0.25, 0.3) is 0 Å². The van der Waals surface area contributed by atoms with Crippen molar-refractivity contribution in [1.82, 2.24) is 9.55 Å². The number of imidazole rings is 1. The number of nitrogens with one attached hydrogen (secondary N) is 1. The van der Waals surface area contributed by atoms with Crippen LogP contribution in [0, 0.1) is 6.92 Å². The molecule has 0 bridgehead atoms. The highest BCUT2D eigenvalue weighted by Gasteiger charge is 2.25. The van der Waals surface area contributed by atoms with Gasteiger partial charge in [-0.3, -0.25) is 0 Å². The predicted molar refractivity (Wildman–Crippen MR) is 69.3 cm³/mol. The fraction of sp³-hybridized carbons (Fsp3) is 0.769. The highest BCUT2D eigenvalue weighted by atomic mass is 16.5. The van der Waals surface area contributed by atoms with E-state index in [1.54, 1.807) is 0 Å². The minimum Gasteiger partial charge on any atom is -0.376 e. The second kappa shape index (κ2) is 5.54. The van der Waals surface area contributed by atoms with Crippen LogP contribution in [0.1, 0.15) is 38.8 Å². The van der Waals surface area contributed by atoms with E-state index >= 15 is 0 Å². The molecule has 1 aliphatic heterocycles. The van der Waals surface area contributed by atoms with Crippen LogP contribution < -0.4 is 5.32 Å². The van der Waals surface area contributed by atoms with Gasteiger partial charge in [-0.25, -0.2) is 4.98 Å². The largest absolute Gasteiger partial charge is 0.376 e. The summed E-state index contributed by atoms with van der Waals surface area (Å²) >= 11 is 0. The maximum absolute atomic E-state index is 5.57. The standard InChI is InChI=1S/C13H23N3O/c1-4-5-7-16-9-10(2)14-13(16)15-12-6-8-17-11(12)3/h9,11-12H,4-8H2,1-3H3,(H,14,15). The number of anilines is 1. The van der Waals surface area contributed by atoms with Crippen molar-refractivity contribution < 1.29 is 4.74 Å². The van der Waals surface area contributed by atoms with Gasteiger partial charge in [0.15, 0.2) is 0 Å². The Bertz CT molecular complexity index is 362. The van der Waals surface area contributed by atoms with Crippen LogP contribution >= 0.6 is 0 Å². The number of unbranched alkanes of at least 4 members (excludes halogenated alkanes) is 1. The van der Waals surface area contributed by atoms with E-state index in [0.717, 1.165) is 31.2 Å². The van der Waals surface area contributed by atoms with E-state index in [1.165, 1.54) is 12.8 Å². The Morgan fingerprint density at radius 1 is 1.59 bits per heavy atom. The summed E-state index contributed by atoms with van der Waals surface area (Å²) in [4.78, 5) is 4.56. The lowest BCUT2D eigenvalue weighted by molar-refractivity contribution is 0.121. The van der Waals surface area contributed by atoms with E-state index in [1.807, 2.05) is 6.92 Å². The molecule has 1 aromatic rings. The van der Waals surface area contributed by atoms with Crippen molar-refractivity contribution in [3.8, 4) is 0 Å². The molecule has 0 aromatic carbocycles. The monoisotopic (exact) mass is 237 g/mol. The molecule has 2 unspecified atom stereocenters. The number of rotatable bonds is 5. The maximum atomic E-state index is 5.57. The first-order valence-electron chi connectivity index (χ1n) is 6.62. The summed E-state index contributed by atoms with van der Waals surface area (Å²) in [5.74, 6) is 0.998. The first-order chi connectivity index (χ1) is 8.20. The van der Waals surface area contributed by atoms with Crippen LogP contribution in [0.15, 0.2) is 6.20 Å². The average molecular weight is 237 g/mol. The van der Waals surface area contributed by atoms with Gasteiger partial charge >= 0.3 is 0 Å². The fourth-order valence-electron chi connectivity index (χ4n) is 2.25. The van der Waals surface area contributed by atoms with Crippen LogP contribution in [0.2, 0.25) is 0 Å². The molecule has 0 spiro atoms. The van der Waals surface area contributed by atoms with Crippen molar-refractivity contribution in [2.45, 2.75) is 58.7 Å². The van der Waals surface area contributed by atoms with Crippen molar-refractivity contribution in [2.24, 2.45) is 0 Å². The van der Waals surface area contributed by atoms with Crippen LogP contribution in [-0.2, 0) is 11.3 Å². The number of nitrogens with zero attached hydrogens (tertiary/aromatic N) is 2. The molecule has 4 nitrogen and oxygen atoms in total. The maximum Gasteiger partial charge on any atom is 0.203 e. The Labute approximate surface area is 103 Å². The summed E-state index contributed by atoms with van der Waals surface area (Å²) < 4.78 is 7.79. The average Bonchev–Trinajstić information content (AvgIpc) is 2.84. The molecule has 2 rings (SSSR count). The Hall–Kier alpha value is -1.03. The molecule has 0 aliphatic carbocycles. The van der Waals surface area contributed by atoms with Gasteiger partial charge in [0.25, 0.3) is 0 Å². The van der Waals surface area contributed by atoms with E-state index in [9.17, 15) is 0 Å². The lowest BCUT2D eigenvalue weighted by Gasteiger charge is -2.17. The number of hydrogen-bond donors (Lipinski definition) is 1. The zero-order chi connectivity index (χ0) is 12.3. The Balaban J connectivity index is 2.03. The molecule has 0 radical (unpaired) electrons. The van der Waals surface area contributed by atoms with Gasteiger partial charge in [0.05, 0.1) is 17.8 Å². The summed E-state index contributed by atoms with van der Waals surface area (Å²) in [6.45, 7) is 8.28. The zero-order valence-corrected chi connectivity index (χ0v) is 11.1. The van der Waals surface area contributed by atoms with Gasteiger partial charge in [-0.15, -0.1) is 0 Å². The van der Waals surface area contributed by atoms with E-state index in [0.29, 0.717) is 6.04 Å². The molecule has 1 aromatic heterocycles. The van der Waals surface area contributed by atoms with E-state index in [-0.39, 0.29) is 6.10 Å². The second-order valence-corrected chi connectivity index (χ2v) is 4.87. The van der Waals surface area contributed by atoms with Crippen molar-refractivity contribution in [3.05, 3.63) is 11.9 Å². The summed E-state index contributed by atoms with van der Waals surface area (Å²) in [5.41, 5.74) is 1.08. The lowest BCUT2D eigenvalue weighted by Crippen LogP contribution is -2.28. The summed E-state index contributed by atoms with van der Waals surface area (Å²) in [7, 11) is 0. The van der Waals surface area contributed by atoms with Gasteiger partial charge in [-0.05, 0) is 26.7 Å². The molecule has 4 heteroatoms. The molecule has 1 saturated heterocycles. The molecule has 1 aliphatic rings. The molecule has 0 saturated carbocycles. The topological polar surface area (TPSA) is 39.1 Å². The van der Waals surface area contributed by atoms with Crippen LogP contribution in [0.5, 0.6) is 0 Å². The van der Waals surface area contributed by atoms with Gasteiger partial charge in [0, 0.05) is 19.3 Å². The number of aryl methyl sites for hydroxylation is 2. The second-order valence-electron chi connectivity index (χ2n) is 4.87. The van der Waals surface area contributed by atoms with Crippen molar-refractivity contribution in [1.29, 1.82) is 0 Å². The highest BCUT2D eigenvalue weighted by Crippen LogP contribution is 2.19. The van der Waals surface area contributed by atoms with Gasteiger partial charge < -0.3 is 14.6 Å². The third-order valence-electron chi connectivity index (χ3n) is 3.34. The minimum atomic E-state index is 0.284. The first-order valence-corrected chi connectivity index (χ1v) is 6.62. The third kappa shape index (κ3) is 3.00. The minimum absolute atomic E-state index is 0.284. The van der Waals surface area contributed by atoms with Crippen LogP contribution in [-0.4, -0.2) is 28.3 Å². The molecular formula is C13H23N3O. The SMILES string of the molecule is CCCCn1cc(C)nc1NC1CCOC1C. The molecule has 1 N–H and O–H groups in total. The normalized spacial score (nSPS) is 24.2. The molecular weight excluding hydrogens is 214 g/mol. The van der Waals surface area contributed by atoms with Gasteiger partial charge in [-0.1, -0.05) is 13.3 Å². The molecule has 2 heterocycles. The summed E-state index contributed by atoms with van der Waals surface area (Å²) in [5, 5.41) is 3.52. The van der Waals surface area contributed by atoms with Gasteiger partial charge in [0.2, 0.25) is 5.95 Å². The Morgan fingerprint density at radius 2 is 2.41 bits per heavy atom. The highest BCUT2D eigenvalue weighted by molar-refractivity contribution is 5.31. The van der Waals surface area contributed by atoms with Crippen LogP contribution in [0.3, 0.4) is 0 Å². The van der Waals surface area contributed by atoms with E-state index in [4.69, 9.17) is 4.74 Å². The number of aromatic nitrogens is 2. The fourth-order valence-corrected chi connectivity index (χ4v) is 2.25. The van der Waals surface area contributed by atoms with Crippen molar-refractivity contribution in [2.75, 3.05) is 11.9 Å². The van der Waals surface area contributed by atoms with E-state index in [2.05, 4.69) is 34.9 Å². The molecule has 1 fully saturated rings. The molecule has 0 amide bonds. The Kier molecular flexibility index (Phi) is 4.05. The van der Waals surface area contributed by atoms with E-state index < -0.39 is 0 Å². The first kappa shape index (κ1) is 12.4. The number of ether oxygens (including phenoxy) is 1. The lowest BCUT2D eigenvalue weighted by atomic mass is 10.2. The summed E-state index contributed by atoms with van der Waals surface area (Å²) in [6.07, 6.45) is 5.88. The summed E-state index contributed by atoms with van der Waals surface area (Å²) in [6, 6.07) is 0.400. The van der Waals surface area contributed by atoms with Gasteiger partial charge in [-0.2, -0.15) is 0 Å². The molecule has 17 heavy (non-hydrogen) atoms. The molecule has 96 valence electrons. The third-order valence-corrected chi connectivity index (χ3v) is 3.34. The zero-order valence-electron chi connectivity index (χ0n) is 11.1. The smallest absolute Gasteiger partial charge is 0.203 e. The predicted octanol–water partition coefficient (Wildman–Crippen LogP) is 2.58. The van der Waals surface area contributed by atoms with Gasteiger partial charge in [0.1, 0.15) is 0 Å². The number of hydrogen-bond acceptors (Lipinski definition) is 3. The van der Waals surface area contributed by atoms with Crippen LogP contribution in [0.4, 0.5) is 5.95 Å². The van der Waals surface area contributed by atoms with Crippen molar-refractivity contribution in [3.63, 3.8) is 0 Å². The molecule has 2 atom stereocenters. The van der Waals surface area contributed by atoms with Crippen molar-refractivity contribution >= 4 is 5.95 Å². The Morgan fingerprint density at radius 3 is 3.06 bits per heavy atom.